The number of methoxy groups -OCH3 is 1. The fourth-order valence-electron chi connectivity index (χ4n) is 5.69. The lowest BCUT2D eigenvalue weighted by atomic mass is 9.98. The van der Waals surface area contributed by atoms with Gasteiger partial charge in [0.25, 0.3) is 11.5 Å². The highest BCUT2D eigenvalue weighted by molar-refractivity contribution is 6.31. The molecule has 0 spiro atoms. The first kappa shape index (κ1) is 28.7. The summed E-state index contributed by atoms with van der Waals surface area (Å²) >= 11 is 12.6. The van der Waals surface area contributed by atoms with E-state index in [1.54, 1.807) is 37.4 Å². The van der Waals surface area contributed by atoms with E-state index in [4.69, 9.17) is 27.9 Å². The van der Waals surface area contributed by atoms with Gasteiger partial charge in [-0.1, -0.05) is 36.2 Å². The second-order valence-electron chi connectivity index (χ2n) is 10.5. The first-order valence-electron chi connectivity index (χ1n) is 13.4. The molecule has 4 aromatic rings. The zero-order chi connectivity index (χ0) is 29.7. The summed E-state index contributed by atoms with van der Waals surface area (Å²) in [5.41, 5.74) is 5.36. The first-order valence-corrected chi connectivity index (χ1v) is 14.2. The van der Waals surface area contributed by atoms with Crippen molar-refractivity contribution in [3.05, 3.63) is 103 Å². The minimum absolute atomic E-state index is 0.0209. The summed E-state index contributed by atoms with van der Waals surface area (Å²) in [7, 11) is 3.20. The van der Waals surface area contributed by atoms with Gasteiger partial charge in [-0.25, -0.2) is 0 Å². The first-order chi connectivity index (χ1) is 19.5. The van der Waals surface area contributed by atoms with Crippen LogP contribution in [0.2, 0.25) is 10.0 Å². The molecule has 0 fully saturated rings. The molecule has 9 heteroatoms. The van der Waals surface area contributed by atoms with Gasteiger partial charge in [0.2, 0.25) is 0 Å². The number of benzene rings is 2. The third-order valence-electron chi connectivity index (χ3n) is 7.61. The highest BCUT2D eigenvalue weighted by Gasteiger charge is 2.44. The lowest BCUT2D eigenvalue weighted by Gasteiger charge is -2.30. The number of hydrogen-bond donors (Lipinski definition) is 0. The molecule has 0 saturated heterocycles. The SMILES string of the molecule is CCC(=O)c1ccc(OC)c(-c2cc3c(n2C(C)C)C(c2ccc(Cl)cc2C)N(c2cc(Cl)c(=O)n(C)c2)C3=O)c1. The summed E-state index contributed by atoms with van der Waals surface area (Å²) < 4.78 is 9.23. The number of ketones is 1. The second-order valence-corrected chi connectivity index (χ2v) is 11.4. The van der Waals surface area contributed by atoms with Gasteiger partial charge in [0.05, 0.1) is 29.7 Å². The molecule has 0 bridgehead atoms. The molecule has 1 amide bonds. The summed E-state index contributed by atoms with van der Waals surface area (Å²) in [4.78, 5) is 41.1. The predicted molar refractivity (Wildman–Crippen MR) is 163 cm³/mol. The summed E-state index contributed by atoms with van der Waals surface area (Å²) in [5.74, 6) is 0.395. The van der Waals surface area contributed by atoms with Gasteiger partial charge in [-0.15, -0.1) is 0 Å². The molecule has 1 atom stereocenters. The summed E-state index contributed by atoms with van der Waals surface area (Å²) in [6.07, 6.45) is 2.00. The van der Waals surface area contributed by atoms with Crippen molar-refractivity contribution in [3.63, 3.8) is 0 Å². The maximum Gasteiger partial charge on any atom is 0.269 e. The van der Waals surface area contributed by atoms with Crippen molar-refractivity contribution in [2.24, 2.45) is 7.05 Å². The van der Waals surface area contributed by atoms with Crippen LogP contribution in [-0.4, -0.2) is 27.9 Å². The van der Waals surface area contributed by atoms with Crippen molar-refractivity contribution in [2.45, 2.75) is 46.2 Å². The standard InChI is InChI=1S/C32H31Cl2N3O4/c1-7-27(38)19-8-11-28(41-6)23(13-19)26-15-24-30(36(26)17(2)3)29(22-10-9-20(33)12-18(22)4)37(31(24)39)21-14-25(34)32(40)35(5)16-21/h8-17,29H,7H2,1-6H3. The van der Waals surface area contributed by atoms with Gasteiger partial charge >= 0.3 is 0 Å². The number of ether oxygens (including phenoxy) is 1. The van der Waals surface area contributed by atoms with E-state index in [0.717, 1.165) is 28.1 Å². The number of halogens is 2. The van der Waals surface area contributed by atoms with Crippen LogP contribution >= 0.6 is 23.2 Å². The molecular weight excluding hydrogens is 561 g/mol. The molecule has 1 unspecified atom stereocenters. The van der Waals surface area contributed by atoms with E-state index in [9.17, 15) is 14.4 Å². The van der Waals surface area contributed by atoms with Crippen LogP contribution < -0.4 is 15.2 Å². The Labute approximate surface area is 248 Å². The van der Waals surface area contributed by atoms with Crippen LogP contribution in [0.4, 0.5) is 5.69 Å². The molecule has 0 radical (unpaired) electrons. The lowest BCUT2D eigenvalue weighted by Crippen LogP contribution is -2.32. The van der Waals surface area contributed by atoms with Crippen molar-refractivity contribution >= 4 is 40.6 Å². The average molecular weight is 593 g/mol. The zero-order valence-corrected chi connectivity index (χ0v) is 25.3. The lowest BCUT2D eigenvalue weighted by molar-refractivity contribution is 0.0982. The second kappa shape index (κ2) is 10.9. The van der Waals surface area contributed by atoms with Crippen LogP contribution in [0.3, 0.4) is 0 Å². The van der Waals surface area contributed by atoms with E-state index in [1.165, 1.54) is 10.6 Å². The molecule has 0 aliphatic carbocycles. The third-order valence-corrected chi connectivity index (χ3v) is 8.11. The average Bonchev–Trinajstić information content (AvgIpc) is 3.46. The topological polar surface area (TPSA) is 73.5 Å². The van der Waals surface area contributed by atoms with E-state index in [-0.39, 0.29) is 28.3 Å². The molecular formula is C32H31Cl2N3O4. The highest BCUT2D eigenvalue weighted by atomic mass is 35.5. The number of pyridine rings is 1. The van der Waals surface area contributed by atoms with Crippen LogP contribution in [-0.2, 0) is 7.05 Å². The Hall–Kier alpha value is -3.81. The highest BCUT2D eigenvalue weighted by Crippen LogP contribution is 2.48. The molecule has 1 aliphatic heterocycles. The van der Waals surface area contributed by atoms with Crippen molar-refractivity contribution in [2.75, 3.05) is 12.0 Å². The smallest absolute Gasteiger partial charge is 0.269 e. The minimum atomic E-state index is -0.536. The van der Waals surface area contributed by atoms with Crippen LogP contribution in [0, 0.1) is 6.92 Å². The Balaban J connectivity index is 1.83. The molecule has 5 rings (SSSR count). The Morgan fingerprint density at radius 2 is 1.76 bits per heavy atom. The fraction of sp³-hybridized carbons (Fsp3) is 0.281. The van der Waals surface area contributed by atoms with Crippen molar-refractivity contribution in [1.82, 2.24) is 9.13 Å². The van der Waals surface area contributed by atoms with E-state index < -0.39 is 6.04 Å². The number of anilines is 1. The number of Topliss-reactive ketones (excluding diaryl/α,β-unsaturated/α-hetero) is 1. The predicted octanol–water partition coefficient (Wildman–Crippen LogP) is 7.40. The van der Waals surface area contributed by atoms with E-state index in [1.807, 2.05) is 44.2 Å². The van der Waals surface area contributed by atoms with Crippen molar-refractivity contribution in [3.8, 4) is 17.0 Å². The minimum Gasteiger partial charge on any atom is -0.496 e. The molecule has 2 aromatic heterocycles. The van der Waals surface area contributed by atoms with Gasteiger partial charge in [-0.05, 0) is 74.4 Å². The Morgan fingerprint density at radius 3 is 2.37 bits per heavy atom. The zero-order valence-electron chi connectivity index (χ0n) is 23.8. The molecule has 212 valence electrons. The van der Waals surface area contributed by atoms with Crippen LogP contribution in [0.25, 0.3) is 11.3 Å². The van der Waals surface area contributed by atoms with Crippen LogP contribution in [0.5, 0.6) is 5.75 Å². The van der Waals surface area contributed by atoms with Gasteiger partial charge < -0.3 is 13.9 Å². The number of hydrogen-bond acceptors (Lipinski definition) is 4. The Bertz CT molecular complexity index is 1740. The van der Waals surface area contributed by atoms with Crippen LogP contribution in [0.1, 0.15) is 76.8 Å². The molecule has 3 heterocycles. The Morgan fingerprint density at radius 1 is 1.02 bits per heavy atom. The molecule has 1 aliphatic rings. The number of fused-ring (bicyclic) bond motifs is 1. The van der Waals surface area contributed by atoms with E-state index in [2.05, 4.69) is 18.4 Å². The molecule has 41 heavy (non-hydrogen) atoms. The number of aromatic nitrogens is 2. The van der Waals surface area contributed by atoms with Crippen molar-refractivity contribution in [1.29, 1.82) is 0 Å². The van der Waals surface area contributed by atoms with Gasteiger partial charge in [0, 0.05) is 41.9 Å². The van der Waals surface area contributed by atoms with Gasteiger partial charge in [0.1, 0.15) is 16.8 Å². The maximum atomic E-state index is 14.3. The molecule has 0 N–H and O–H groups in total. The molecule has 0 saturated carbocycles. The number of carbonyl (C=O) groups excluding carboxylic acids is 2. The largest absolute Gasteiger partial charge is 0.496 e. The normalized spacial score (nSPS) is 14.6. The summed E-state index contributed by atoms with van der Waals surface area (Å²) in [6.45, 7) is 7.90. The van der Waals surface area contributed by atoms with E-state index >= 15 is 0 Å². The number of nitrogens with zero attached hydrogens (tertiary/aromatic N) is 3. The number of amides is 1. The van der Waals surface area contributed by atoms with E-state index in [0.29, 0.717) is 34.0 Å². The molecule has 7 nitrogen and oxygen atoms in total. The quantitative estimate of drug-likeness (QED) is 0.210. The van der Waals surface area contributed by atoms with Gasteiger partial charge in [-0.2, -0.15) is 0 Å². The van der Waals surface area contributed by atoms with Crippen molar-refractivity contribution < 1.29 is 14.3 Å². The monoisotopic (exact) mass is 591 g/mol. The summed E-state index contributed by atoms with van der Waals surface area (Å²) in [5, 5.41) is 0.616. The number of carbonyl (C=O) groups is 2. The van der Waals surface area contributed by atoms with Gasteiger partial charge in [0.15, 0.2) is 5.78 Å². The third kappa shape index (κ3) is 4.77. The number of aryl methyl sites for hydroxylation is 2. The van der Waals surface area contributed by atoms with Crippen LogP contribution in [0.15, 0.2) is 59.5 Å². The maximum absolute atomic E-state index is 14.3. The number of rotatable bonds is 7. The Kier molecular flexibility index (Phi) is 7.62. The molecule has 2 aromatic carbocycles. The van der Waals surface area contributed by atoms with Gasteiger partial charge in [-0.3, -0.25) is 19.3 Å². The summed E-state index contributed by atoms with van der Waals surface area (Å²) in [6, 6.07) is 13.8. The fourth-order valence-corrected chi connectivity index (χ4v) is 6.17.